The first kappa shape index (κ1) is 25.2. The summed E-state index contributed by atoms with van der Waals surface area (Å²) in [6.45, 7) is 8.76. The fraction of sp³-hybridized carbons (Fsp3) is 0.385. The van der Waals surface area contributed by atoms with Gasteiger partial charge in [0.2, 0.25) is 0 Å². The zero-order valence-corrected chi connectivity index (χ0v) is 21.1. The number of nitrogens with zero attached hydrogens (tertiary/aromatic N) is 4. The number of carbonyl (C=O) groups excluding carboxylic acids is 1. The van der Waals surface area contributed by atoms with Crippen molar-refractivity contribution in [2.24, 2.45) is 0 Å². The number of morpholine rings is 1. The van der Waals surface area contributed by atoms with Crippen molar-refractivity contribution in [3.8, 4) is 22.9 Å². The van der Waals surface area contributed by atoms with Gasteiger partial charge < -0.3 is 29.7 Å². The number of anilines is 3. The van der Waals surface area contributed by atoms with Gasteiger partial charge in [0.05, 0.1) is 38.4 Å². The summed E-state index contributed by atoms with van der Waals surface area (Å²) in [4.78, 5) is 28.0. The van der Waals surface area contributed by atoms with Crippen molar-refractivity contribution in [3.63, 3.8) is 0 Å². The summed E-state index contributed by atoms with van der Waals surface area (Å²) in [7, 11) is 1.57. The van der Waals surface area contributed by atoms with Crippen LogP contribution in [0, 0.1) is 0 Å². The van der Waals surface area contributed by atoms with E-state index in [4.69, 9.17) is 14.2 Å². The van der Waals surface area contributed by atoms with E-state index in [0.717, 1.165) is 30.2 Å². The van der Waals surface area contributed by atoms with E-state index >= 15 is 0 Å². The molecule has 1 aliphatic heterocycles. The lowest BCUT2D eigenvalue weighted by Gasteiger charge is -2.27. The van der Waals surface area contributed by atoms with E-state index in [1.54, 1.807) is 31.6 Å². The summed E-state index contributed by atoms with van der Waals surface area (Å²) in [5, 5.41) is 6.15. The Hall–Kier alpha value is -3.92. The van der Waals surface area contributed by atoms with Gasteiger partial charge in [0.1, 0.15) is 11.6 Å². The molecule has 0 bridgehead atoms. The zero-order chi connectivity index (χ0) is 25.5. The van der Waals surface area contributed by atoms with Crippen LogP contribution < -0.4 is 25.0 Å². The molecule has 2 N–H and O–H groups in total. The van der Waals surface area contributed by atoms with Gasteiger partial charge in [-0.15, -0.1) is 0 Å². The third-order valence-electron chi connectivity index (χ3n) is 5.30. The van der Waals surface area contributed by atoms with Crippen LogP contribution in [0.4, 0.5) is 17.3 Å². The maximum atomic E-state index is 12.1. The first-order chi connectivity index (χ1) is 17.3. The average molecular weight is 493 g/mol. The quantitative estimate of drug-likeness (QED) is 0.489. The minimum Gasteiger partial charge on any atom is -0.491 e. The van der Waals surface area contributed by atoms with E-state index in [-0.39, 0.29) is 18.1 Å². The van der Waals surface area contributed by atoms with Gasteiger partial charge >= 0.3 is 0 Å². The Bertz CT molecular complexity index is 1170. The predicted octanol–water partition coefficient (Wildman–Crippen LogP) is 3.42. The van der Waals surface area contributed by atoms with Gasteiger partial charge in [-0.3, -0.25) is 4.79 Å². The number of hydrogen-bond acceptors (Lipinski definition) is 9. The highest BCUT2D eigenvalue weighted by Crippen LogP contribution is 2.29. The van der Waals surface area contributed by atoms with Crippen LogP contribution in [0.3, 0.4) is 0 Å². The largest absolute Gasteiger partial charge is 0.491 e. The topological polar surface area (TPSA) is 111 Å². The van der Waals surface area contributed by atoms with Crippen molar-refractivity contribution in [2.75, 3.05) is 50.2 Å². The molecular weight excluding hydrogens is 460 g/mol. The van der Waals surface area contributed by atoms with Crippen molar-refractivity contribution in [3.05, 3.63) is 48.8 Å². The molecule has 1 saturated heterocycles. The number of ether oxygens (including phenoxy) is 3. The second kappa shape index (κ2) is 11.2. The van der Waals surface area contributed by atoms with E-state index in [2.05, 4.69) is 30.5 Å². The van der Waals surface area contributed by atoms with Crippen LogP contribution in [0.15, 0.2) is 48.8 Å². The SMILES string of the molecule is COc1cnc(-c2cccc(OCC(=O)NC(C)(C)C)c2)nc1Nc1ccc(N2CCOCC2)nc1. The van der Waals surface area contributed by atoms with Crippen molar-refractivity contribution in [2.45, 2.75) is 26.3 Å². The summed E-state index contributed by atoms with van der Waals surface area (Å²) in [5.41, 5.74) is 1.20. The molecule has 0 atom stereocenters. The van der Waals surface area contributed by atoms with E-state index in [1.807, 2.05) is 45.0 Å². The Morgan fingerprint density at radius 3 is 2.61 bits per heavy atom. The molecule has 36 heavy (non-hydrogen) atoms. The molecule has 0 saturated carbocycles. The molecule has 190 valence electrons. The van der Waals surface area contributed by atoms with Gasteiger partial charge in [-0.25, -0.2) is 15.0 Å². The summed E-state index contributed by atoms with van der Waals surface area (Å²) in [5.74, 6) is 2.77. The lowest BCUT2D eigenvalue weighted by atomic mass is 10.1. The fourth-order valence-electron chi connectivity index (χ4n) is 3.65. The van der Waals surface area contributed by atoms with Gasteiger partial charge in [0, 0.05) is 24.2 Å². The number of methoxy groups -OCH3 is 1. The van der Waals surface area contributed by atoms with Gasteiger partial charge in [0.15, 0.2) is 24.0 Å². The minimum absolute atomic E-state index is 0.0789. The first-order valence-electron chi connectivity index (χ1n) is 11.8. The highest BCUT2D eigenvalue weighted by atomic mass is 16.5. The van der Waals surface area contributed by atoms with Gasteiger partial charge in [-0.2, -0.15) is 0 Å². The molecular formula is C26H32N6O4. The Labute approximate surface area is 211 Å². The molecule has 1 aromatic carbocycles. The Morgan fingerprint density at radius 2 is 1.92 bits per heavy atom. The van der Waals surface area contributed by atoms with Crippen molar-refractivity contribution in [1.82, 2.24) is 20.3 Å². The van der Waals surface area contributed by atoms with E-state index in [1.165, 1.54) is 0 Å². The minimum atomic E-state index is -0.318. The second-order valence-electron chi connectivity index (χ2n) is 9.35. The molecule has 1 aliphatic rings. The summed E-state index contributed by atoms with van der Waals surface area (Å²) in [6, 6.07) is 11.2. The van der Waals surface area contributed by atoms with Crippen molar-refractivity contribution < 1.29 is 19.0 Å². The molecule has 0 radical (unpaired) electrons. The average Bonchev–Trinajstić information content (AvgIpc) is 2.88. The summed E-state index contributed by atoms with van der Waals surface area (Å²) >= 11 is 0. The molecule has 10 heteroatoms. The molecule has 0 spiro atoms. The van der Waals surface area contributed by atoms with Gasteiger partial charge in [-0.05, 0) is 45.0 Å². The lowest BCUT2D eigenvalue weighted by molar-refractivity contribution is -0.124. The van der Waals surface area contributed by atoms with Gasteiger partial charge in [-0.1, -0.05) is 12.1 Å². The maximum absolute atomic E-state index is 12.1. The lowest BCUT2D eigenvalue weighted by Crippen LogP contribution is -2.43. The highest BCUT2D eigenvalue weighted by molar-refractivity contribution is 5.78. The van der Waals surface area contributed by atoms with Crippen LogP contribution in [0.5, 0.6) is 11.5 Å². The predicted molar refractivity (Wildman–Crippen MR) is 138 cm³/mol. The van der Waals surface area contributed by atoms with Crippen LogP contribution in [-0.2, 0) is 9.53 Å². The third-order valence-corrected chi connectivity index (χ3v) is 5.30. The van der Waals surface area contributed by atoms with Crippen LogP contribution >= 0.6 is 0 Å². The number of amides is 1. The number of nitrogens with one attached hydrogen (secondary N) is 2. The number of aromatic nitrogens is 3. The number of carbonyl (C=O) groups is 1. The second-order valence-corrected chi connectivity index (χ2v) is 9.35. The summed E-state index contributed by atoms with van der Waals surface area (Å²) in [6.07, 6.45) is 3.38. The van der Waals surface area contributed by atoms with Crippen LogP contribution in [0.1, 0.15) is 20.8 Å². The van der Waals surface area contributed by atoms with Crippen LogP contribution in [0.2, 0.25) is 0 Å². The molecule has 1 amide bonds. The normalized spacial score (nSPS) is 13.7. The number of pyridine rings is 1. The van der Waals surface area contributed by atoms with E-state index in [9.17, 15) is 4.79 Å². The van der Waals surface area contributed by atoms with Crippen LogP contribution in [0.25, 0.3) is 11.4 Å². The van der Waals surface area contributed by atoms with E-state index < -0.39 is 0 Å². The van der Waals surface area contributed by atoms with Gasteiger partial charge in [0.25, 0.3) is 5.91 Å². The van der Waals surface area contributed by atoms with E-state index in [0.29, 0.717) is 36.4 Å². The molecule has 0 unspecified atom stereocenters. The standard InChI is InChI=1S/C26H32N6O4/c1-26(2,3)31-23(33)17-36-20-7-5-6-18(14-20)24-28-16-21(34-4)25(30-24)29-19-8-9-22(27-15-19)32-10-12-35-13-11-32/h5-9,14-16H,10-13,17H2,1-4H3,(H,31,33)(H,28,29,30). The molecule has 3 aromatic rings. The maximum Gasteiger partial charge on any atom is 0.258 e. The van der Waals surface area contributed by atoms with Crippen molar-refractivity contribution in [1.29, 1.82) is 0 Å². The Morgan fingerprint density at radius 1 is 1.11 bits per heavy atom. The molecule has 3 heterocycles. The van der Waals surface area contributed by atoms with Crippen LogP contribution in [-0.4, -0.2) is 66.4 Å². The van der Waals surface area contributed by atoms with Crippen molar-refractivity contribution >= 4 is 23.2 Å². The summed E-state index contributed by atoms with van der Waals surface area (Å²) < 4.78 is 16.5. The number of benzene rings is 1. The molecule has 1 fully saturated rings. The zero-order valence-electron chi connectivity index (χ0n) is 21.1. The third kappa shape index (κ3) is 6.82. The number of hydrogen-bond donors (Lipinski definition) is 2. The molecule has 0 aliphatic carbocycles. The monoisotopic (exact) mass is 492 g/mol. The molecule has 4 rings (SSSR count). The highest BCUT2D eigenvalue weighted by Gasteiger charge is 2.16. The molecule has 2 aromatic heterocycles. The number of rotatable bonds is 8. The first-order valence-corrected chi connectivity index (χ1v) is 11.8. The molecule has 10 nitrogen and oxygen atoms in total. The Balaban J connectivity index is 1.47. The fourth-order valence-corrected chi connectivity index (χ4v) is 3.65. The smallest absolute Gasteiger partial charge is 0.258 e. The Kier molecular flexibility index (Phi) is 7.84.